The van der Waals surface area contributed by atoms with Gasteiger partial charge in [-0.2, -0.15) is 0 Å². The third-order valence-electron chi connectivity index (χ3n) is 1.81. The molecule has 0 aromatic heterocycles. The van der Waals surface area contributed by atoms with E-state index in [1.807, 2.05) is 0 Å². The molecule has 0 aliphatic carbocycles. The number of benzene rings is 1. The second-order valence-electron chi connectivity index (χ2n) is 3.52. The summed E-state index contributed by atoms with van der Waals surface area (Å²) in [6.45, 7) is 3.04. The van der Waals surface area contributed by atoms with E-state index >= 15 is 0 Å². The van der Waals surface area contributed by atoms with Crippen molar-refractivity contribution >= 4 is 29.2 Å². The van der Waals surface area contributed by atoms with E-state index in [9.17, 15) is 4.79 Å². The molecule has 1 rings (SSSR count). The fourth-order valence-electron chi connectivity index (χ4n) is 0.881. The minimum Gasteiger partial charge on any atom is -0.562 e. The number of hydrogen-bond acceptors (Lipinski definition) is 2. The first-order chi connectivity index (χ1) is 6.83. The SMILES string of the molecule is CC(C)(Oc1ccc(Cl)c(Cl)c1)C(=O)[OH2+]. The van der Waals surface area contributed by atoms with Crippen LogP contribution in [-0.4, -0.2) is 16.7 Å². The van der Waals surface area contributed by atoms with Crippen LogP contribution in [0.1, 0.15) is 13.8 Å². The van der Waals surface area contributed by atoms with Crippen molar-refractivity contribution in [1.82, 2.24) is 0 Å². The normalized spacial score (nSPS) is 11.2. The summed E-state index contributed by atoms with van der Waals surface area (Å²) in [5, 5.41) is 7.77. The van der Waals surface area contributed by atoms with Crippen LogP contribution in [0.25, 0.3) is 0 Å². The fraction of sp³-hybridized carbons (Fsp3) is 0.300. The molecule has 0 atom stereocenters. The average molecular weight is 250 g/mol. The van der Waals surface area contributed by atoms with Crippen molar-refractivity contribution in [2.24, 2.45) is 0 Å². The third kappa shape index (κ3) is 3.01. The molecule has 2 N–H and O–H groups in total. The summed E-state index contributed by atoms with van der Waals surface area (Å²) >= 11 is 11.5. The quantitative estimate of drug-likeness (QED) is 0.773. The van der Waals surface area contributed by atoms with Crippen LogP contribution in [0.5, 0.6) is 5.75 Å². The van der Waals surface area contributed by atoms with Crippen molar-refractivity contribution in [2.45, 2.75) is 19.4 Å². The maximum Gasteiger partial charge on any atom is 0.559 e. The smallest absolute Gasteiger partial charge is 0.559 e. The molecule has 0 aliphatic rings. The van der Waals surface area contributed by atoms with Gasteiger partial charge in [0.2, 0.25) is 0 Å². The zero-order chi connectivity index (χ0) is 11.6. The van der Waals surface area contributed by atoms with E-state index in [0.29, 0.717) is 15.8 Å². The number of carbonyl (C=O) groups excluding carboxylic acids is 1. The Labute approximate surface area is 97.6 Å². The van der Waals surface area contributed by atoms with Gasteiger partial charge in [-0.25, -0.2) is 0 Å². The monoisotopic (exact) mass is 249 g/mol. The molecule has 0 aliphatic heterocycles. The van der Waals surface area contributed by atoms with Crippen molar-refractivity contribution in [3.8, 4) is 5.75 Å². The second kappa shape index (κ2) is 4.29. The molecule has 5 heteroatoms. The molecule has 0 bridgehead atoms. The van der Waals surface area contributed by atoms with E-state index in [-0.39, 0.29) is 0 Å². The van der Waals surface area contributed by atoms with Gasteiger partial charge in [0.1, 0.15) is 5.75 Å². The van der Waals surface area contributed by atoms with E-state index in [1.165, 1.54) is 19.9 Å². The van der Waals surface area contributed by atoms with Crippen molar-refractivity contribution in [3.05, 3.63) is 28.2 Å². The van der Waals surface area contributed by atoms with Gasteiger partial charge in [0.25, 0.3) is 5.60 Å². The molecule has 0 saturated carbocycles. The van der Waals surface area contributed by atoms with Crippen LogP contribution in [0.2, 0.25) is 10.0 Å². The van der Waals surface area contributed by atoms with E-state index < -0.39 is 11.6 Å². The van der Waals surface area contributed by atoms with Crippen LogP contribution in [-0.2, 0) is 4.79 Å². The summed E-state index contributed by atoms with van der Waals surface area (Å²) in [4.78, 5) is 10.9. The lowest BCUT2D eigenvalue weighted by molar-refractivity contribution is -0.152. The maximum absolute atomic E-state index is 10.9. The molecule has 0 heterocycles. The minimum atomic E-state index is -1.18. The molecule has 0 spiro atoms. The molecule has 0 radical (unpaired) electrons. The molecular formula is C10H11Cl2O3+. The molecule has 15 heavy (non-hydrogen) atoms. The summed E-state index contributed by atoms with van der Waals surface area (Å²) in [7, 11) is 0. The van der Waals surface area contributed by atoms with E-state index in [0.717, 1.165) is 0 Å². The molecule has 1 aromatic rings. The highest BCUT2D eigenvalue weighted by Crippen LogP contribution is 2.28. The second-order valence-corrected chi connectivity index (χ2v) is 4.33. The first-order valence-electron chi connectivity index (χ1n) is 4.23. The number of carbonyl (C=O) groups is 1. The van der Waals surface area contributed by atoms with Crippen LogP contribution in [0, 0.1) is 0 Å². The Bertz CT molecular complexity index is 388. The number of hydrogen-bond donors (Lipinski definition) is 0. The van der Waals surface area contributed by atoms with Crippen molar-refractivity contribution in [3.63, 3.8) is 0 Å². The van der Waals surface area contributed by atoms with Crippen molar-refractivity contribution < 1.29 is 14.6 Å². The van der Waals surface area contributed by atoms with Crippen LogP contribution in [0.4, 0.5) is 0 Å². The van der Waals surface area contributed by atoms with Gasteiger partial charge in [-0.05, 0) is 26.0 Å². The molecule has 0 fully saturated rings. The van der Waals surface area contributed by atoms with Crippen LogP contribution in [0.3, 0.4) is 0 Å². The number of ether oxygens (including phenoxy) is 1. The van der Waals surface area contributed by atoms with Gasteiger partial charge in [0, 0.05) is 10.9 Å². The zero-order valence-corrected chi connectivity index (χ0v) is 9.82. The van der Waals surface area contributed by atoms with Gasteiger partial charge < -0.3 is 9.84 Å². The lowest BCUT2D eigenvalue weighted by Gasteiger charge is -2.17. The predicted octanol–water partition coefficient (Wildman–Crippen LogP) is 2.40. The fourth-order valence-corrected chi connectivity index (χ4v) is 1.17. The standard InChI is InChI=1S/C10H10Cl2O3/c1-10(2,9(13)14)15-6-3-4-7(11)8(12)5-6/h3-5H,1-2H3,(H,13,14)/p+1. The molecule has 1 aromatic carbocycles. The average Bonchev–Trinajstić information content (AvgIpc) is 2.10. The lowest BCUT2D eigenvalue weighted by Crippen LogP contribution is -2.37. The topological polar surface area (TPSA) is 49.2 Å². The Kier molecular flexibility index (Phi) is 3.47. The lowest BCUT2D eigenvalue weighted by atomic mass is 10.1. The van der Waals surface area contributed by atoms with Crippen molar-refractivity contribution in [2.75, 3.05) is 0 Å². The molecule has 82 valence electrons. The van der Waals surface area contributed by atoms with Crippen LogP contribution >= 0.6 is 23.2 Å². The first kappa shape index (κ1) is 12.1. The maximum atomic E-state index is 10.9. The Hall–Kier alpha value is -0.930. The number of rotatable bonds is 3. The summed E-state index contributed by atoms with van der Waals surface area (Å²) in [6.07, 6.45) is 0. The molecule has 3 nitrogen and oxygen atoms in total. The molecule has 0 saturated heterocycles. The van der Waals surface area contributed by atoms with E-state index in [2.05, 4.69) is 0 Å². The Morgan fingerprint density at radius 2 is 1.93 bits per heavy atom. The Balaban J connectivity index is 2.91. The van der Waals surface area contributed by atoms with Gasteiger partial charge in [0.05, 0.1) is 10.0 Å². The molecule has 0 amide bonds. The zero-order valence-electron chi connectivity index (χ0n) is 8.30. The van der Waals surface area contributed by atoms with E-state index in [1.54, 1.807) is 12.1 Å². The van der Waals surface area contributed by atoms with E-state index in [4.69, 9.17) is 33.0 Å². The Morgan fingerprint density at radius 3 is 2.40 bits per heavy atom. The van der Waals surface area contributed by atoms with Gasteiger partial charge in [-0.1, -0.05) is 23.2 Å². The highest BCUT2D eigenvalue weighted by Gasteiger charge is 2.37. The van der Waals surface area contributed by atoms with Gasteiger partial charge in [-0.15, -0.1) is 0 Å². The summed E-state index contributed by atoms with van der Waals surface area (Å²) in [6, 6.07) is 4.68. The van der Waals surface area contributed by atoms with Crippen molar-refractivity contribution in [1.29, 1.82) is 0 Å². The van der Waals surface area contributed by atoms with Gasteiger partial charge >= 0.3 is 5.97 Å². The Morgan fingerprint density at radius 1 is 1.33 bits per heavy atom. The predicted molar refractivity (Wildman–Crippen MR) is 59.8 cm³/mol. The third-order valence-corrected chi connectivity index (χ3v) is 2.55. The highest BCUT2D eigenvalue weighted by atomic mass is 35.5. The molecular weight excluding hydrogens is 239 g/mol. The summed E-state index contributed by atoms with van der Waals surface area (Å²) < 4.78 is 5.32. The largest absolute Gasteiger partial charge is 0.562 e. The molecule has 0 unspecified atom stereocenters. The van der Waals surface area contributed by atoms with Gasteiger partial charge in [-0.3, -0.25) is 0 Å². The van der Waals surface area contributed by atoms with Crippen LogP contribution in [0.15, 0.2) is 18.2 Å². The number of halogens is 2. The minimum absolute atomic E-state index is 0.349. The summed E-state index contributed by atoms with van der Waals surface area (Å²) in [5.41, 5.74) is -1.18. The highest BCUT2D eigenvalue weighted by molar-refractivity contribution is 6.42. The van der Waals surface area contributed by atoms with Gasteiger partial charge in [0.15, 0.2) is 0 Å². The first-order valence-corrected chi connectivity index (χ1v) is 4.98. The summed E-state index contributed by atoms with van der Waals surface area (Å²) in [5.74, 6) is -0.386. The van der Waals surface area contributed by atoms with Crippen LogP contribution < -0.4 is 4.74 Å².